The lowest BCUT2D eigenvalue weighted by Gasteiger charge is -2.15. The zero-order chi connectivity index (χ0) is 14.7. The largest absolute Gasteiger partial charge is 0.370 e. The van der Waals surface area contributed by atoms with E-state index in [2.05, 4.69) is 22.9 Å². The van der Waals surface area contributed by atoms with Gasteiger partial charge in [0.05, 0.1) is 5.69 Å². The number of aliphatic imine (C=N–C) groups is 1. The Kier molecular flexibility index (Phi) is 4.29. The van der Waals surface area contributed by atoms with E-state index in [1.165, 1.54) is 6.07 Å². The van der Waals surface area contributed by atoms with E-state index in [0.717, 1.165) is 16.0 Å². The topological polar surface area (TPSA) is 50.4 Å². The fraction of sp³-hybridized carbons (Fsp3) is 0.133. The number of nitrogens with one attached hydrogen (secondary N) is 1. The average Bonchev–Trinajstić information content (AvgIpc) is 2.44. The Morgan fingerprint density at radius 2 is 1.90 bits per heavy atom. The standard InChI is InChI=1S/C15H16FN3S.2H2/c1-9-10(5-3-7-12(9)16)11-6-4-8-13(20)14(11)19-15(17)18-2;;/h3-8,20H,1-2H3,(H3,17,18,19);2*1H. The van der Waals surface area contributed by atoms with Crippen molar-refractivity contribution in [1.29, 1.82) is 0 Å². The van der Waals surface area contributed by atoms with Gasteiger partial charge in [0.25, 0.3) is 0 Å². The first-order valence-corrected chi connectivity index (χ1v) is 6.56. The van der Waals surface area contributed by atoms with Crippen LogP contribution in [0.5, 0.6) is 0 Å². The van der Waals surface area contributed by atoms with Crippen LogP contribution in [0.4, 0.5) is 10.1 Å². The molecule has 0 heterocycles. The lowest BCUT2D eigenvalue weighted by Crippen LogP contribution is -2.22. The summed E-state index contributed by atoms with van der Waals surface area (Å²) in [6.07, 6.45) is 0. The van der Waals surface area contributed by atoms with Crippen molar-refractivity contribution in [2.24, 2.45) is 10.7 Å². The minimum absolute atomic E-state index is 0. The molecule has 3 nitrogen and oxygen atoms in total. The van der Waals surface area contributed by atoms with Gasteiger partial charge in [0.15, 0.2) is 5.96 Å². The summed E-state index contributed by atoms with van der Waals surface area (Å²) in [6, 6.07) is 10.6. The minimum Gasteiger partial charge on any atom is -0.370 e. The third-order valence-corrected chi connectivity index (χ3v) is 3.47. The number of thiol groups is 1. The van der Waals surface area contributed by atoms with Crippen molar-refractivity contribution in [2.75, 3.05) is 12.4 Å². The maximum Gasteiger partial charge on any atom is 0.192 e. The number of para-hydroxylation sites is 1. The van der Waals surface area contributed by atoms with Gasteiger partial charge in [-0.15, -0.1) is 12.6 Å². The summed E-state index contributed by atoms with van der Waals surface area (Å²) in [4.78, 5) is 4.60. The molecule has 0 radical (unpaired) electrons. The van der Waals surface area contributed by atoms with Crippen molar-refractivity contribution in [3.63, 3.8) is 0 Å². The van der Waals surface area contributed by atoms with Gasteiger partial charge in [-0.3, -0.25) is 4.99 Å². The number of guanidine groups is 1. The zero-order valence-electron chi connectivity index (χ0n) is 11.3. The van der Waals surface area contributed by atoms with E-state index in [-0.39, 0.29) is 14.6 Å². The molecule has 0 aliphatic carbocycles. The fourth-order valence-corrected chi connectivity index (χ4v) is 2.24. The summed E-state index contributed by atoms with van der Waals surface area (Å²) in [5, 5.41) is 3.00. The molecule has 0 saturated heterocycles. The van der Waals surface area contributed by atoms with Crippen LogP contribution >= 0.6 is 12.6 Å². The van der Waals surface area contributed by atoms with Crippen molar-refractivity contribution < 1.29 is 7.24 Å². The first-order chi connectivity index (χ1) is 9.54. The molecule has 108 valence electrons. The summed E-state index contributed by atoms with van der Waals surface area (Å²) in [6.45, 7) is 1.75. The number of anilines is 1. The second-order valence-corrected chi connectivity index (χ2v) is 4.83. The maximum absolute atomic E-state index is 13.7. The smallest absolute Gasteiger partial charge is 0.192 e. The molecule has 0 unspecified atom stereocenters. The predicted molar refractivity (Wildman–Crippen MR) is 89.2 cm³/mol. The first-order valence-electron chi connectivity index (χ1n) is 6.11. The van der Waals surface area contributed by atoms with E-state index in [1.807, 2.05) is 24.3 Å². The summed E-state index contributed by atoms with van der Waals surface area (Å²) in [5.74, 6) is 0.0388. The van der Waals surface area contributed by atoms with Crippen LogP contribution in [0.1, 0.15) is 8.42 Å². The molecule has 2 aromatic rings. The number of hydrogen-bond acceptors (Lipinski definition) is 2. The first kappa shape index (κ1) is 14.4. The molecule has 5 heteroatoms. The Labute approximate surface area is 126 Å². The molecule has 0 aliphatic rings. The van der Waals surface area contributed by atoms with Crippen LogP contribution in [0.15, 0.2) is 46.3 Å². The Bertz CT molecular complexity index is 678. The molecule has 0 bridgehead atoms. The molecule has 0 atom stereocenters. The van der Waals surface area contributed by atoms with Crippen molar-refractivity contribution in [1.82, 2.24) is 0 Å². The number of halogens is 1. The second-order valence-electron chi connectivity index (χ2n) is 4.35. The molecule has 0 spiro atoms. The molecule has 2 rings (SSSR count). The highest BCUT2D eigenvalue weighted by Gasteiger charge is 2.12. The minimum atomic E-state index is -0.241. The van der Waals surface area contributed by atoms with Gasteiger partial charge in [0.2, 0.25) is 0 Å². The molecule has 20 heavy (non-hydrogen) atoms. The van der Waals surface area contributed by atoms with Crippen LogP contribution in [-0.2, 0) is 0 Å². The Morgan fingerprint density at radius 1 is 1.25 bits per heavy atom. The Balaban J connectivity index is 0.00000220. The second kappa shape index (κ2) is 5.96. The molecular formula is C15H20FN3S. The van der Waals surface area contributed by atoms with Crippen molar-refractivity contribution >= 4 is 24.3 Å². The third kappa shape index (κ3) is 2.77. The normalized spacial score (nSPS) is 11.5. The van der Waals surface area contributed by atoms with E-state index in [1.54, 1.807) is 20.0 Å². The highest BCUT2D eigenvalue weighted by molar-refractivity contribution is 7.80. The molecular weight excluding hydrogens is 273 g/mol. The summed E-state index contributed by atoms with van der Waals surface area (Å²) >= 11 is 4.42. The van der Waals surface area contributed by atoms with Crippen LogP contribution in [-0.4, -0.2) is 13.0 Å². The lowest BCUT2D eigenvalue weighted by atomic mass is 9.98. The van der Waals surface area contributed by atoms with E-state index in [0.29, 0.717) is 11.3 Å². The van der Waals surface area contributed by atoms with Crippen LogP contribution < -0.4 is 11.1 Å². The monoisotopic (exact) mass is 293 g/mol. The van der Waals surface area contributed by atoms with Crippen molar-refractivity contribution in [2.45, 2.75) is 11.8 Å². The summed E-state index contributed by atoms with van der Waals surface area (Å²) in [7, 11) is 1.59. The van der Waals surface area contributed by atoms with Gasteiger partial charge in [0.1, 0.15) is 5.82 Å². The third-order valence-electron chi connectivity index (χ3n) is 3.09. The van der Waals surface area contributed by atoms with Gasteiger partial charge in [-0.1, -0.05) is 24.3 Å². The van der Waals surface area contributed by atoms with Gasteiger partial charge in [-0.2, -0.15) is 0 Å². The molecule has 0 saturated carbocycles. The Morgan fingerprint density at radius 3 is 2.60 bits per heavy atom. The SMILES string of the molecule is CN=C(N)Nc1c(S)cccc1-c1cccc(F)c1C.[HH].[HH]. The van der Waals surface area contributed by atoms with Crippen LogP contribution in [0, 0.1) is 12.7 Å². The molecule has 0 aromatic heterocycles. The van der Waals surface area contributed by atoms with E-state index in [4.69, 9.17) is 5.73 Å². The number of nitrogens with zero attached hydrogens (tertiary/aromatic N) is 1. The molecule has 0 fully saturated rings. The predicted octanol–water partition coefficient (Wildman–Crippen LogP) is 3.94. The lowest BCUT2D eigenvalue weighted by molar-refractivity contribution is 0.619. The van der Waals surface area contributed by atoms with Gasteiger partial charge >= 0.3 is 0 Å². The number of hydrogen-bond donors (Lipinski definition) is 3. The van der Waals surface area contributed by atoms with E-state index in [9.17, 15) is 4.39 Å². The van der Waals surface area contributed by atoms with Crippen LogP contribution in [0.2, 0.25) is 0 Å². The van der Waals surface area contributed by atoms with E-state index >= 15 is 0 Å². The van der Waals surface area contributed by atoms with Gasteiger partial charge in [-0.25, -0.2) is 4.39 Å². The highest BCUT2D eigenvalue weighted by atomic mass is 32.1. The van der Waals surface area contributed by atoms with Gasteiger partial charge < -0.3 is 11.1 Å². The summed E-state index contributed by atoms with van der Waals surface area (Å²) < 4.78 is 13.7. The zero-order valence-corrected chi connectivity index (χ0v) is 12.2. The van der Waals surface area contributed by atoms with Crippen LogP contribution in [0.3, 0.4) is 0 Å². The number of nitrogens with two attached hydrogens (primary N) is 1. The van der Waals surface area contributed by atoms with Gasteiger partial charge in [-0.05, 0) is 30.2 Å². The summed E-state index contributed by atoms with van der Waals surface area (Å²) in [5.41, 5.74) is 8.65. The van der Waals surface area contributed by atoms with Crippen molar-refractivity contribution in [3.05, 3.63) is 47.8 Å². The van der Waals surface area contributed by atoms with Gasteiger partial charge in [0, 0.05) is 20.4 Å². The maximum atomic E-state index is 13.7. The highest BCUT2D eigenvalue weighted by Crippen LogP contribution is 2.35. The fourth-order valence-electron chi connectivity index (χ4n) is 1.98. The molecule has 0 amide bonds. The average molecular weight is 293 g/mol. The molecule has 3 N–H and O–H groups in total. The number of rotatable bonds is 2. The quantitative estimate of drug-likeness (QED) is 0.446. The van der Waals surface area contributed by atoms with Crippen molar-refractivity contribution in [3.8, 4) is 11.1 Å². The van der Waals surface area contributed by atoms with Crippen LogP contribution in [0.25, 0.3) is 11.1 Å². The van der Waals surface area contributed by atoms with E-state index < -0.39 is 0 Å². The number of benzene rings is 2. The Hall–Kier alpha value is -2.01. The molecule has 2 aromatic carbocycles. The molecule has 0 aliphatic heterocycles.